The zero-order chi connectivity index (χ0) is 20.9. The summed E-state index contributed by atoms with van der Waals surface area (Å²) in [5.74, 6) is 0.211. The van der Waals surface area contributed by atoms with Crippen LogP contribution >= 0.6 is 11.6 Å². The van der Waals surface area contributed by atoms with Gasteiger partial charge < -0.3 is 4.42 Å². The van der Waals surface area contributed by atoms with Gasteiger partial charge in [0.25, 0.3) is 5.91 Å². The smallest absolute Gasteiger partial charge is 0.274 e. The minimum atomic E-state index is -0.331. The van der Waals surface area contributed by atoms with E-state index in [2.05, 4.69) is 10.5 Å². The fourth-order valence-electron chi connectivity index (χ4n) is 3.07. The van der Waals surface area contributed by atoms with Crippen LogP contribution in [0.5, 0.6) is 0 Å². The molecule has 6 nitrogen and oxygen atoms in total. The Morgan fingerprint density at radius 1 is 1.17 bits per heavy atom. The number of hydrogen-bond acceptors (Lipinski definition) is 4. The van der Waals surface area contributed by atoms with Crippen molar-refractivity contribution in [2.75, 3.05) is 0 Å². The maximum Gasteiger partial charge on any atom is 0.274 e. The van der Waals surface area contributed by atoms with Crippen molar-refractivity contribution in [2.24, 2.45) is 5.10 Å². The normalized spacial score (nSPS) is 11.1. The van der Waals surface area contributed by atoms with Gasteiger partial charge in [-0.15, -0.1) is 0 Å². The van der Waals surface area contributed by atoms with E-state index in [1.165, 1.54) is 6.26 Å². The third-order valence-corrected chi connectivity index (χ3v) is 4.97. The van der Waals surface area contributed by atoms with E-state index in [0.717, 1.165) is 22.4 Å². The lowest BCUT2D eigenvalue weighted by Crippen LogP contribution is -2.17. The van der Waals surface area contributed by atoms with Crippen LogP contribution in [0.25, 0.3) is 11.3 Å². The van der Waals surface area contributed by atoms with E-state index >= 15 is 0 Å². The highest BCUT2D eigenvalue weighted by Crippen LogP contribution is 2.22. The summed E-state index contributed by atoms with van der Waals surface area (Å²) < 4.78 is 6.97. The largest absolute Gasteiger partial charge is 0.469 e. The molecular weight excluding hydrogens is 400 g/mol. The molecular formula is C23H19ClN4O2. The van der Waals surface area contributed by atoms with Crippen molar-refractivity contribution in [1.82, 2.24) is 15.2 Å². The maximum absolute atomic E-state index is 12.2. The third-order valence-electron chi connectivity index (χ3n) is 4.60. The van der Waals surface area contributed by atoms with E-state index in [-0.39, 0.29) is 5.91 Å². The molecule has 0 bridgehead atoms. The average Bonchev–Trinajstić information content (AvgIpc) is 3.36. The fourth-order valence-corrected chi connectivity index (χ4v) is 3.27. The molecule has 2 heterocycles. The number of amides is 1. The fraction of sp³-hybridized carbons (Fsp3) is 0.0870. The molecule has 0 saturated heterocycles. The number of rotatable bonds is 6. The van der Waals surface area contributed by atoms with Gasteiger partial charge in [-0.05, 0) is 24.6 Å². The van der Waals surface area contributed by atoms with Crippen molar-refractivity contribution in [3.05, 3.63) is 101 Å². The zero-order valence-corrected chi connectivity index (χ0v) is 17.0. The van der Waals surface area contributed by atoms with Crippen LogP contribution in [0.2, 0.25) is 5.02 Å². The topological polar surface area (TPSA) is 72.4 Å². The van der Waals surface area contributed by atoms with Crippen molar-refractivity contribution in [2.45, 2.75) is 13.5 Å². The lowest BCUT2D eigenvalue weighted by atomic mass is 10.1. The first-order chi connectivity index (χ1) is 14.6. The Labute approximate surface area is 178 Å². The lowest BCUT2D eigenvalue weighted by Gasteiger charge is -2.04. The van der Waals surface area contributed by atoms with E-state index < -0.39 is 0 Å². The molecule has 2 aromatic heterocycles. The summed E-state index contributed by atoms with van der Waals surface area (Å²) in [4.78, 5) is 12.2. The molecule has 0 spiro atoms. The van der Waals surface area contributed by atoms with E-state index in [4.69, 9.17) is 21.1 Å². The SMILES string of the molecule is Cc1occc1C(=O)N/N=C\c1cn(Cc2ccccc2Cl)nc1-c1ccccc1. The number of aryl methyl sites for hydroxylation is 1. The molecule has 2 aromatic carbocycles. The number of halogens is 1. The average molecular weight is 419 g/mol. The lowest BCUT2D eigenvalue weighted by molar-refractivity contribution is 0.0953. The number of benzene rings is 2. The van der Waals surface area contributed by atoms with E-state index in [1.807, 2.05) is 65.5 Å². The number of furan rings is 1. The molecule has 0 fully saturated rings. The Hall–Kier alpha value is -3.64. The van der Waals surface area contributed by atoms with Gasteiger partial charge in [0.05, 0.1) is 24.6 Å². The van der Waals surface area contributed by atoms with Gasteiger partial charge in [-0.1, -0.05) is 60.1 Å². The second-order valence-corrected chi connectivity index (χ2v) is 7.08. The molecule has 0 saturated carbocycles. The molecule has 0 aliphatic carbocycles. The first-order valence-corrected chi connectivity index (χ1v) is 9.73. The molecule has 30 heavy (non-hydrogen) atoms. The number of hydrazone groups is 1. The monoisotopic (exact) mass is 418 g/mol. The van der Waals surface area contributed by atoms with Crippen LogP contribution in [-0.2, 0) is 6.54 Å². The summed E-state index contributed by atoms with van der Waals surface area (Å²) in [6.07, 6.45) is 4.94. The molecule has 0 aliphatic rings. The minimum absolute atomic E-state index is 0.331. The van der Waals surface area contributed by atoms with Gasteiger partial charge in [0.2, 0.25) is 0 Å². The van der Waals surface area contributed by atoms with Crippen LogP contribution in [-0.4, -0.2) is 21.9 Å². The number of carbonyl (C=O) groups is 1. The Morgan fingerprint density at radius 3 is 2.67 bits per heavy atom. The molecule has 1 N–H and O–H groups in total. The van der Waals surface area contributed by atoms with E-state index in [1.54, 1.807) is 19.2 Å². The first kappa shape index (κ1) is 19.7. The van der Waals surface area contributed by atoms with E-state index in [9.17, 15) is 4.79 Å². The second kappa shape index (κ2) is 8.80. The van der Waals surface area contributed by atoms with E-state index in [0.29, 0.717) is 22.9 Å². The van der Waals surface area contributed by atoms with Crippen molar-refractivity contribution in [3.8, 4) is 11.3 Å². The quantitative estimate of drug-likeness (QED) is 0.357. The minimum Gasteiger partial charge on any atom is -0.469 e. The van der Waals surface area contributed by atoms with Gasteiger partial charge in [-0.25, -0.2) is 5.43 Å². The van der Waals surface area contributed by atoms with Gasteiger partial charge in [0.1, 0.15) is 11.5 Å². The second-order valence-electron chi connectivity index (χ2n) is 6.68. The predicted molar refractivity (Wildman–Crippen MR) is 117 cm³/mol. The highest BCUT2D eigenvalue weighted by atomic mass is 35.5. The number of aromatic nitrogens is 2. The van der Waals surface area contributed by atoms with Gasteiger partial charge in [0.15, 0.2) is 0 Å². The Bertz CT molecular complexity index is 1190. The van der Waals surface area contributed by atoms with Crippen LogP contribution in [0.15, 0.2) is 82.6 Å². The third kappa shape index (κ3) is 4.34. The van der Waals surface area contributed by atoms with Crippen LogP contribution in [0, 0.1) is 6.92 Å². The molecule has 0 unspecified atom stereocenters. The van der Waals surface area contributed by atoms with Crippen molar-refractivity contribution < 1.29 is 9.21 Å². The summed E-state index contributed by atoms with van der Waals surface area (Å²) in [6.45, 7) is 2.25. The Morgan fingerprint density at radius 2 is 1.93 bits per heavy atom. The number of hydrogen-bond donors (Lipinski definition) is 1. The molecule has 150 valence electrons. The Balaban J connectivity index is 1.60. The van der Waals surface area contributed by atoms with Crippen molar-refractivity contribution in [1.29, 1.82) is 0 Å². The Kier molecular flexibility index (Phi) is 5.77. The van der Waals surface area contributed by atoms with Crippen LogP contribution in [0.1, 0.15) is 27.2 Å². The highest BCUT2D eigenvalue weighted by molar-refractivity contribution is 6.31. The van der Waals surface area contributed by atoms with Crippen LogP contribution < -0.4 is 5.43 Å². The first-order valence-electron chi connectivity index (χ1n) is 9.35. The number of nitrogens with zero attached hydrogens (tertiary/aromatic N) is 3. The summed E-state index contributed by atoms with van der Waals surface area (Å²) in [5.41, 5.74) is 6.44. The molecule has 7 heteroatoms. The molecule has 4 aromatic rings. The number of nitrogens with one attached hydrogen (secondary N) is 1. The van der Waals surface area contributed by atoms with Gasteiger partial charge >= 0.3 is 0 Å². The highest BCUT2D eigenvalue weighted by Gasteiger charge is 2.13. The van der Waals surface area contributed by atoms with Gasteiger partial charge in [-0.3, -0.25) is 9.48 Å². The van der Waals surface area contributed by atoms with Gasteiger partial charge in [0, 0.05) is 22.3 Å². The molecule has 0 atom stereocenters. The molecule has 0 aliphatic heterocycles. The summed E-state index contributed by atoms with van der Waals surface area (Å²) in [5, 5.41) is 9.52. The van der Waals surface area contributed by atoms with Crippen molar-refractivity contribution >= 4 is 23.7 Å². The summed E-state index contributed by atoms with van der Waals surface area (Å²) in [6, 6.07) is 19.1. The standard InChI is InChI=1S/C23H19ClN4O2/c1-16-20(11-12-30-16)23(29)26-25-13-19-15-28(14-18-9-5-6-10-21(18)24)27-22(19)17-7-3-2-4-8-17/h2-13,15H,14H2,1H3,(H,26,29)/b25-13-. The summed E-state index contributed by atoms with van der Waals surface area (Å²) in [7, 11) is 0. The predicted octanol–water partition coefficient (Wildman–Crippen LogP) is 4.92. The zero-order valence-electron chi connectivity index (χ0n) is 16.2. The van der Waals surface area contributed by atoms with Crippen LogP contribution in [0.4, 0.5) is 0 Å². The molecule has 4 rings (SSSR count). The molecule has 1 amide bonds. The maximum atomic E-state index is 12.2. The van der Waals surface area contributed by atoms with Crippen molar-refractivity contribution in [3.63, 3.8) is 0 Å². The summed E-state index contributed by atoms with van der Waals surface area (Å²) >= 11 is 6.30. The number of carbonyl (C=O) groups excluding carboxylic acids is 1. The molecule has 0 radical (unpaired) electrons. The van der Waals surface area contributed by atoms with Gasteiger partial charge in [-0.2, -0.15) is 10.2 Å². The van der Waals surface area contributed by atoms with Crippen LogP contribution in [0.3, 0.4) is 0 Å².